The van der Waals surface area contributed by atoms with Crippen molar-refractivity contribution in [1.82, 2.24) is 14.5 Å². The number of aromatic nitrogens is 3. The van der Waals surface area contributed by atoms with Crippen LogP contribution in [0.5, 0.6) is 0 Å². The summed E-state index contributed by atoms with van der Waals surface area (Å²) < 4.78 is 2.15. The van der Waals surface area contributed by atoms with Crippen LogP contribution in [0.2, 0.25) is 0 Å². The SMILES string of the molecule is Cc1nc(NCCCO)c2c(cc(-c3cccs3)c3c2ccn3C)n1. The number of aryl methyl sites for hydroxylation is 2. The molecular weight excluding hydrogens is 332 g/mol. The van der Waals surface area contributed by atoms with Gasteiger partial charge in [-0.2, -0.15) is 0 Å². The van der Waals surface area contributed by atoms with E-state index in [-0.39, 0.29) is 6.61 Å². The zero-order chi connectivity index (χ0) is 17.4. The first-order valence-corrected chi connectivity index (χ1v) is 9.22. The van der Waals surface area contributed by atoms with Gasteiger partial charge in [-0.15, -0.1) is 11.3 Å². The van der Waals surface area contributed by atoms with Crippen molar-refractivity contribution < 1.29 is 5.11 Å². The second kappa shape index (κ2) is 6.46. The number of anilines is 1. The molecule has 4 rings (SSSR count). The number of thiophene rings is 1. The van der Waals surface area contributed by atoms with Crippen LogP contribution in [0, 0.1) is 6.92 Å². The van der Waals surface area contributed by atoms with Gasteiger partial charge in [0.1, 0.15) is 11.6 Å². The van der Waals surface area contributed by atoms with Gasteiger partial charge in [0.25, 0.3) is 0 Å². The highest BCUT2D eigenvalue weighted by Crippen LogP contribution is 2.38. The van der Waals surface area contributed by atoms with Gasteiger partial charge in [0.05, 0.1) is 16.4 Å². The topological polar surface area (TPSA) is 63.0 Å². The predicted octanol–water partition coefficient (Wildman–Crippen LogP) is 3.95. The zero-order valence-corrected chi connectivity index (χ0v) is 15.1. The first kappa shape index (κ1) is 16.1. The highest BCUT2D eigenvalue weighted by atomic mass is 32.1. The number of rotatable bonds is 5. The molecule has 3 heterocycles. The van der Waals surface area contributed by atoms with Crippen molar-refractivity contribution in [1.29, 1.82) is 0 Å². The lowest BCUT2D eigenvalue weighted by Gasteiger charge is -2.13. The minimum atomic E-state index is 0.165. The minimum absolute atomic E-state index is 0.165. The molecule has 0 aliphatic rings. The van der Waals surface area contributed by atoms with Gasteiger partial charge in [0.15, 0.2) is 0 Å². The Kier molecular flexibility index (Phi) is 4.15. The molecule has 0 unspecified atom stereocenters. The van der Waals surface area contributed by atoms with Crippen molar-refractivity contribution in [3.8, 4) is 10.4 Å². The van der Waals surface area contributed by atoms with Crippen LogP contribution in [0.25, 0.3) is 32.2 Å². The summed E-state index contributed by atoms with van der Waals surface area (Å²) in [6.07, 6.45) is 2.77. The van der Waals surface area contributed by atoms with Crippen molar-refractivity contribution in [3.63, 3.8) is 0 Å². The third-order valence-electron chi connectivity index (χ3n) is 4.34. The molecule has 0 fully saturated rings. The van der Waals surface area contributed by atoms with E-state index in [1.54, 1.807) is 11.3 Å². The number of hydrogen-bond acceptors (Lipinski definition) is 5. The third kappa shape index (κ3) is 2.77. The molecule has 0 atom stereocenters. The molecule has 0 spiro atoms. The molecule has 128 valence electrons. The Hall–Kier alpha value is -2.44. The van der Waals surface area contributed by atoms with Crippen LogP contribution >= 0.6 is 11.3 Å². The lowest BCUT2D eigenvalue weighted by atomic mass is 10.0. The van der Waals surface area contributed by atoms with Crippen LogP contribution in [0.15, 0.2) is 35.8 Å². The van der Waals surface area contributed by atoms with Gasteiger partial charge in [0, 0.05) is 42.2 Å². The van der Waals surface area contributed by atoms with Crippen LogP contribution in [-0.2, 0) is 7.05 Å². The fraction of sp³-hybridized carbons (Fsp3) is 0.263. The Morgan fingerprint density at radius 2 is 2.16 bits per heavy atom. The fourth-order valence-corrected chi connectivity index (χ4v) is 4.01. The molecule has 0 radical (unpaired) electrons. The van der Waals surface area contributed by atoms with Crippen LogP contribution in [0.1, 0.15) is 12.2 Å². The minimum Gasteiger partial charge on any atom is -0.396 e. The van der Waals surface area contributed by atoms with Gasteiger partial charge in [-0.1, -0.05) is 6.07 Å². The molecular formula is C19H20N4OS. The normalized spacial score (nSPS) is 11.5. The summed E-state index contributed by atoms with van der Waals surface area (Å²) in [7, 11) is 2.07. The highest BCUT2D eigenvalue weighted by molar-refractivity contribution is 7.13. The summed E-state index contributed by atoms with van der Waals surface area (Å²) >= 11 is 1.74. The molecule has 3 aromatic heterocycles. The van der Waals surface area contributed by atoms with Gasteiger partial charge in [0.2, 0.25) is 0 Å². The molecule has 5 nitrogen and oxygen atoms in total. The van der Waals surface area contributed by atoms with Crippen LogP contribution < -0.4 is 5.32 Å². The number of aliphatic hydroxyl groups excluding tert-OH is 1. The number of nitrogens with one attached hydrogen (secondary N) is 1. The van der Waals surface area contributed by atoms with E-state index in [1.807, 2.05) is 6.92 Å². The maximum atomic E-state index is 9.05. The summed E-state index contributed by atoms with van der Waals surface area (Å²) in [6, 6.07) is 8.51. The molecule has 0 amide bonds. The average Bonchev–Trinajstić information content (AvgIpc) is 3.24. The Labute approximate surface area is 150 Å². The molecule has 4 aromatic rings. The van der Waals surface area contributed by atoms with E-state index in [0.717, 1.165) is 27.9 Å². The molecule has 0 saturated heterocycles. The lowest BCUT2D eigenvalue weighted by Crippen LogP contribution is -2.07. The van der Waals surface area contributed by atoms with E-state index in [1.165, 1.54) is 16.0 Å². The van der Waals surface area contributed by atoms with E-state index >= 15 is 0 Å². The summed E-state index contributed by atoms with van der Waals surface area (Å²) in [6.45, 7) is 2.76. The molecule has 0 aliphatic heterocycles. The zero-order valence-electron chi connectivity index (χ0n) is 14.3. The quantitative estimate of drug-likeness (QED) is 0.534. The summed E-state index contributed by atoms with van der Waals surface area (Å²) in [5, 5.41) is 16.7. The Morgan fingerprint density at radius 3 is 2.92 bits per heavy atom. The van der Waals surface area contributed by atoms with Crippen LogP contribution in [0.4, 0.5) is 5.82 Å². The fourth-order valence-electron chi connectivity index (χ4n) is 3.27. The second-order valence-corrected chi connectivity index (χ2v) is 7.06. The monoisotopic (exact) mass is 352 g/mol. The van der Waals surface area contributed by atoms with E-state index in [4.69, 9.17) is 5.11 Å². The molecule has 6 heteroatoms. The average molecular weight is 352 g/mol. The van der Waals surface area contributed by atoms with E-state index in [9.17, 15) is 0 Å². The summed E-state index contributed by atoms with van der Waals surface area (Å²) in [4.78, 5) is 10.5. The number of benzene rings is 1. The van der Waals surface area contributed by atoms with Gasteiger partial charge in [-0.25, -0.2) is 9.97 Å². The second-order valence-electron chi connectivity index (χ2n) is 6.11. The lowest BCUT2D eigenvalue weighted by molar-refractivity contribution is 0.292. The van der Waals surface area contributed by atoms with Crippen LogP contribution in [-0.4, -0.2) is 32.8 Å². The first-order chi connectivity index (χ1) is 12.2. The van der Waals surface area contributed by atoms with Crippen molar-refractivity contribution in [2.45, 2.75) is 13.3 Å². The van der Waals surface area contributed by atoms with Crippen molar-refractivity contribution >= 4 is 39.0 Å². The summed E-state index contributed by atoms with van der Waals surface area (Å²) in [5.41, 5.74) is 3.33. The number of aliphatic hydroxyl groups is 1. The summed E-state index contributed by atoms with van der Waals surface area (Å²) in [5.74, 6) is 1.58. The molecule has 0 aliphatic carbocycles. The van der Waals surface area contributed by atoms with Gasteiger partial charge >= 0.3 is 0 Å². The van der Waals surface area contributed by atoms with E-state index in [0.29, 0.717) is 13.0 Å². The molecule has 25 heavy (non-hydrogen) atoms. The molecule has 0 saturated carbocycles. The Balaban J connectivity index is 2.02. The van der Waals surface area contributed by atoms with Gasteiger partial charge in [-0.3, -0.25) is 0 Å². The standard InChI is InChI=1S/C19H20N4OS/c1-12-21-15-11-14(16-5-3-10-25-16)18-13(6-8-23(18)2)17(15)19(22-12)20-7-4-9-24/h3,5-6,8,10-11,24H,4,7,9H2,1-2H3,(H,20,21,22). The first-order valence-electron chi connectivity index (χ1n) is 8.34. The van der Waals surface area contributed by atoms with Crippen LogP contribution in [0.3, 0.4) is 0 Å². The van der Waals surface area contributed by atoms with Gasteiger partial charge in [-0.05, 0) is 36.9 Å². The maximum absolute atomic E-state index is 9.05. The molecule has 0 bridgehead atoms. The van der Waals surface area contributed by atoms with E-state index < -0.39 is 0 Å². The third-order valence-corrected chi connectivity index (χ3v) is 5.24. The number of nitrogens with zero attached hydrogens (tertiary/aromatic N) is 3. The maximum Gasteiger partial charge on any atom is 0.138 e. The van der Waals surface area contributed by atoms with Crippen molar-refractivity contribution in [2.75, 3.05) is 18.5 Å². The number of hydrogen-bond donors (Lipinski definition) is 2. The Morgan fingerprint density at radius 1 is 1.28 bits per heavy atom. The molecule has 1 aromatic carbocycles. The van der Waals surface area contributed by atoms with Gasteiger partial charge < -0.3 is 15.0 Å². The smallest absolute Gasteiger partial charge is 0.138 e. The Bertz CT molecular complexity index is 1040. The number of fused-ring (bicyclic) bond motifs is 3. The molecule has 2 N–H and O–H groups in total. The van der Waals surface area contributed by atoms with Crippen molar-refractivity contribution in [2.24, 2.45) is 7.05 Å². The highest BCUT2D eigenvalue weighted by Gasteiger charge is 2.16. The largest absolute Gasteiger partial charge is 0.396 e. The predicted molar refractivity (Wildman–Crippen MR) is 104 cm³/mol. The van der Waals surface area contributed by atoms with Crippen molar-refractivity contribution in [3.05, 3.63) is 41.7 Å². The van der Waals surface area contributed by atoms with E-state index in [2.05, 4.69) is 62.7 Å².